The highest BCUT2D eigenvalue weighted by Gasteiger charge is 2.27. The fourth-order valence-corrected chi connectivity index (χ4v) is 3.14. The number of rotatable bonds is 3. The van der Waals surface area contributed by atoms with Crippen LogP contribution < -0.4 is 0 Å². The van der Waals surface area contributed by atoms with E-state index in [4.69, 9.17) is 46.4 Å². The molecule has 0 spiro atoms. The van der Waals surface area contributed by atoms with Crippen molar-refractivity contribution in [1.82, 2.24) is 0 Å². The van der Waals surface area contributed by atoms with Gasteiger partial charge in [0, 0.05) is 31.2 Å². The molecule has 2 aromatic carbocycles. The molecule has 0 saturated heterocycles. The minimum Gasteiger partial charge on any atom is -0.385 e. The zero-order valence-electron chi connectivity index (χ0n) is 10.0. The van der Waals surface area contributed by atoms with Crippen molar-refractivity contribution < 1.29 is 10.2 Å². The van der Waals surface area contributed by atoms with Gasteiger partial charge in [-0.2, -0.15) is 0 Å². The van der Waals surface area contributed by atoms with E-state index in [1.165, 1.54) is 0 Å². The van der Waals surface area contributed by atoms with Crippen LogP contribution in [0, 0.1) is 0 Å². The maximum absolute atomic E-state index is 10.3. The van der Waals surface area contributed by atoms with Crippen LogP contribution in [-0.4, -0.2) is 10.2 Å². The highest BCUT2D eigenvalue weighted by atomic mass is 35.5. The van der Waals surface area contributed by atoms with Gasteiger partial charge in [-0.25, -0.2) is 0 Å². The van der Waals surface area contributed by atoms with E-state index in [-0.39, 0.29) is 31.2 Å². The SMILES string of the molecule is O[C@H](c1c(Cl)cccc1Cl)[C@H](O)c1c(Cl)cccc1Cl. The van der Waals surface area contributed by atoms with Crippen LogP contribution in [0.3, 0.4) is 0 Å². The van der Waals surface area contributed by atoms with Crippen molar-refractivity contribution in [3.8, 4) is 0 Å². The lowest BCUT2D eigenvalue weighted by Crippen LogP contribution is -2.12. The Kier molecular flexibility index (Phi) is 5.19. The summed E-state index contributed by atoms with van der Waals surface area (Å²) in [4.78, 5) is 0. The molecule has 0 aromatic heterocycles. The van der Waals surface area contributed by atoms with E-state index in [0.29, 0.717) is 0 Å². The van der Waals surface area contributed by atoms with Crippen molar-refractivity contribution in [2.75, 3.05) is 0 Å². The van der Waals surface area contributed by atoms with Gasteiger partial charge in [0.25, 0.3) is 0 Å². The van der Waals surface area contributed by atoms with Gasteiger partial charge in [-0.1, -0.05) is 58.5 Å². The van der Waals surface area contributed by atoms with Gasteiger partial charge in [-0.3, -0.25) is 0 Å². The molecule has 20 heavy (non-hydrogen) atoms. The Labute approximate surface area is 136 Å². The Balaban J connectivity index is 2.46. The molecular formula is C14H10Cl4O2. The molecule has 6 heteroatoms. The molecule has 0 heterocycles. The van der Waals surface area contributed by atoms with E-state index in [1.54, 1.807) is 36.4 Å². The lowest BCUT2D eigenvalue weighted by atomic mass is 9.98. The summed E-state index contributed by atoms with van der Waals surface area (Å²) in [5.74, 6) is 0. The van der Waals surface area contributed by atoms with Crippen LogP contribution >= 0.6 is 46.4 Å². The number of aliphatic hydroxyl groups excluding tert-OH is 2. The molecule has 0 unspecified atom stereocenters. The molecule has 0 fully saturated rings. The van der Waals surface area contributed by atoms with Crippen LogP contribution in [0.2, 0.25) is 20.1 Å². The van der Waals surface area contributed by atoms with Gasteiger partial charge in [0.15, 0.2) is 0 Å². The summed E-state index contributed by atoms with van der Waals surface area (Å²) in [5, 5.41) is 21.7. The maximum atomic E-state index is 10.3. The van der Waals surface area contributed by atoms with Crippen molar-refractivity contribution in [2.45, 2.75) is 12.2 Å². The Morgan fingerprint density at radius 3 is 1.10 bits per heavy atom. The summed E-state index contributed by atoms with van der Waals surface area (Å²) < 4.78 is 0. The fraction of sp³-hybridized carbons (Fsp3) is 0.143. The molecule has 0 aliphatic carbocycles. The molecule has 0 aliphatic rings. The monoisotopic (exact) mass is 350 g/mol. The Morgan fingerprint density at radius 1 is 0.600 bits per heavy atom. The number of aliphatic hydroxyl groups is 2. The first-order chi connectivity index (χ1) is 9.43. The highest BCUT2D eigenvalue weighted by Crippen LogP contribution is 2.41. The van der Waals surface area contributed by atoms with Crippen LogP contribution in [0.5, 0.6) is 0 Å². The van der Waals surface area contributed by atoms with Crippen molar-refractivity contribution >= 4 is 46.4 Å². The fourth-order valence-electron chi connectivity index (χ4n) is 1.90. The van der Waals surface area contributed by atoms with Gasteiger partial charge >= 0.3 is 0 Å². The van der Waals surface area contributed by atoms with Crippen molar-refractivity contribution in [2.24, 2.45) is 0 Å². The van der Waals surface area contributed by atoms with E-state index >= 15 is 0 Å². The lowest BCUT2D eigenvalue weighted by Gasteiger charge is -2.22. The summed E-state index contributed by atoms with van der Waals surface area (Å²) in [6.45, 7) is 0. The summed E-state index contributed by atoms with van der Waals surface area (Å²) in [5.41, 5.74) is 0.471. The minimum atomic E-state index is -1.34. The second-order valence-corrected chi connectivity index (χ2v) is 5.79. The molecule has 0 radical (unpaired) electrons. The van der Waals surface area contributed by atoms with Crippen LogP contribution in [0.25, 0.3) is 0 Å². The Bertz CT molecular complexity index is 535. The first-order valence-electron chi connectivity index (χ1n) is 5.67. The largest absolute Gasteiger partial charge is 0.385 e. The van der Waals surface area contributed by atoms with Gasteiger partial charge in [-0.05, 0) is 24.3 Å². The second kappa shape index (κ2) is 6.52. The van der Waals surface area contributed by atoms with E-state index < -0.39 is 12.2 Å². The van der Waals surface area contributed by atoms with Gasteiger partial charge in [-0.15, -0.1) is 0 Å². The third-order valence-electron chi connectivity index (χ3n) is 2.89. The topological polar surface area (TPSA) is 40.5 Å². The molecule has 0 amide bonds. The molecule has 0 aliphatic heterocycles. The van der Waals surface area contributed by atoms with E-state index in [9.17, 15) is 10.2 Å². The molecule has 2 aromatic rings. The molecule has 2 nitrogen and oxygen atoms in total. The third-order valence-corrected chi connectivity index (χ3v) is 4.21. The minimum absolute atomic E-state index is 0.235. The van der Waals surface area contributed by atoms with Crippen molar-refractivity contribution in [1.29, 1.82) is 0 Å². The summed E-state index contributed by atoms with van der Waals surface area (Å²) in [6, 6.07) is 9.60. The summed E-state index contributed by atoms with van der Waals surface area (Å²) in [6.07, 6.45) is -2.68. The van der Waals surface area contributed by atoms with E-state index in [0.717, 1.165) is 0 Å². The maximum Gasteiger partial charge on any atom is 0.112 e. The Hall–Kier alpha value is -0.480. The summed E-state index contributed by atoms with van der Waals surface area (Å²) in [7, 11) is 0. The molecular weight excluding hydrogens is 342 g/mol. The second-order valence-electron chi connectivity index (χ2n) is 4.16. The van der Waals surface area contributed by atoms with E-state index in [1.807, 2.05) is 0 Å². The molecule has 2 atom stereocenters. The van der Waals surface area contributed by atoms with Crippen molar-refractivity contribution in [3.63, 3.8) is 0 Å². The molecule has 2 N–H and O–H groups in total. The molecule has 106 valence electrons. The quantitative estimate of drug-likeness (QED) is 0.810. The molecule has 2 rings (SSSR count). The third kappa shape index (κ3) is 3.06. The van der Waals surface area contributed by atoms with Gasteiger partial charge in [0.1, 0.15) is 12.2 Å². The normalized spacial score (nSPS) is 14.1. The van der Waals surface area contributed by atoms with Crippen LogP contribution in [-0.2, 0) is 0 Å². The molecule has 0 saturated carbocycles. The number of benzene rings is 2. The average molecular weight is 352 g/mol. The van der Waals surface area contributed by atoms with Crippen molar-refractivity contribution in [3.05, 3.63) is 67.6 Å². The summed E-state index contributed by atoms with van der Waals surface area (Å²) >= 11 is 24.1. The van der Waals surface area contributed by atoms with Gasteiger partial charge < -0.3 is 10.2 Å². The van der Waals surface area contributed by atoms with Crippen LogP contribution in [0.4, 0.5) is 0 Å². The Morgan fingerprint density at radius 2 is 0.850 bits per heavy atom. The number of halogens is 4. The van der Waals surface area contributed by atoms with Gasteiger partial charge in [0.05, 0.1) is 0 Å². The van der Waals surface area contributed by atoms with Gasteiger partial charge in [0.2, 0.25) is 0 Å². The van der Waals surface area contributed by atoms with Crippen LogP contribution in [0.15, 0.2) is 36.4 Å². The zero-order valence-corrected chi connectivity index (χ0v) is 13.0. The number of hydrogen-bond acceptors (Lipinski definition) is 2. The predicted octanol–water partition coefficient (Wildman–Crippen LogP) is 5.07. The lowest BCUT2D eigenvalue weighted by molar-refractivity contribution is 0.0175. The molecule has 0 bridgehead atoms. The van der Waals surface area contributed by atoms with Crippen LogP contribution in [0.1, 0.15) is 23.3 Å². The standard InChI is InChI=1S/C14H10Cl4O2/c15-7-3-1-4-8(16)11(7)13(19)14(20)12-9(17)5-2-6-10(12)18/h1-6,13-14,19-20H/t13-,14-/m1/s1. The van der Waals surface area contributed by atoms with E-state index in [2.05, 4.69) is 0 Å². The smallest absolute Gasteiger partial charge is 0.112 e. The first-order valence-corrected chi connectivity index (χ1v) is 7.18. The predicted molar refractivity (Wildman–Crippen MR) is 82.8 cm³/mol. The zero-order chi connectivity index (χ0) is 14.9. The average Bonchev–Trinajstić information content (AvgIpc) is 2.37. The number of hydrogen-bond donors (Lipinski definition) is 2. The highest BCUT2D eigenvalue weighted by molar-refractivity contribution is 6.36. The first kappa shape index (κ1) is 15.9.